The van der Waals surface area contributed by atoms with Crippen LogP contribution in [0.1, 0.15) is 0 Å². The first-order chi connectivity index (χ1) is 5.48. The van der Waals surface area contributed by atoms with Crippen LogP contribution in [0.4, 0.5) is 13.2 Å². The molecule has 0 aromatic rings. The number of hydrogen-bond donors (Lipinski definition) is 1. The maximum Gasteiger partial charge on any atom is 0.490 e. The van der Waals surface area contributed by atoms with Crippen LogP contribution in [0.25, 0.3) is 0 Å². The molecule has 0 rings (SSSR count). The zero-order valence-electron chi connectivity index (χ0n) is 6.62. The zero-order chi connectivity index (χ0) is 11.3. The predicted molar refractivity (Wildman–Crippen MR) is 35.5 cm³/mol. The maximum atomic E-state index is 11.0. The molecule has 0 bridgehead atoms. The van der Waals surface area contributed by atoms with Crippen molar-refractivity contribution in [2.45, 2.75) is 6.18 Å². The summed E-state index contributed by atoms with van der Waals surface area (Å²) < 4.78 is 62.1. The molecule has 0 spiro atoms. The first kappa shape index (κ1) is 14.7. The fourth-order valence-corrected chi connectivity index (χ4v) is 0.116. The summed E-state index contributed by atoms with van der Waals surface area (Å²) in [6, 6.07) is 0. The summed E-state index contributed by atoms with van der Waals surface area (Å²) >= 11 is 0. The summed E-state index contributed by atoms with van der Waals surface area (Å²) in [6.45, 7) is 0. The van der Waals surface area contributed by atoms with Gasteiger partial charge in [-0.15, -0.1) is 0 Å². The Morgan fingerprint density at radius 1 is 1.38 bits per heavy atom. The summed E-state index contributed by atoms with van der Waals surface area (Å²) in [7, 11) is -2.99. The van der Waals surface area contributed by atoms with Crippen molar-refractivity contribution >= 4 is 16.1 Å². The van der Waals surface area contributed by atoms with Crippen molar-refractivity contribution < 1.29 is 35.7 Å². The monoisotopic (exact) mass is 224 g/mol. The number of methoxy groups -OCH3 is 1. The molecule has 0 aliphatic rings. The number of ether oxygens (including phenoxy) is 1. The molecule has 0 saturated heterocycles. The van der Waals surface area contributed by atoms with Gasteiger partial charge in [0.1, 0.15) is 0 Å². The molecule has 0 fully saturated rings. The van der Waals surface area contributed by atoms with E-state index in [9.17, 15) is 26.4 Å². The van der Waals surface area contributed by atoms with E-state index in [1.807, 2.05) is 0 Å². The van der Waals surface area contributed by atoms with E-state index < -0.39 is 22.3 Å². The van der Waals surface area contributed by atoms with Gasteiger partial charge in [0.2, 0.25) is 0 Å². The molecule has 0 aromatic heterocycles. The molecular formula is C4H7F3O5S. The summed E-state index contributed by atoms with van der Waals surface area (Å²) in [5.41, 5.74) is 0. The minimum atomic E-state index is -4.85. The fraction of sp³-hybridized carbons (Fsp3) is 0.750. The Bertz CT molecular complexity index is 245. The first-order valence-electron chi connectivity index (χ1n) is 2.56. The maximum absolute atomic E-state index is 11.0. The molecule has 0 amide bonds. The van der Waals surface area contributed by atoms with Crippen molar-refractivity contribution in [2.24, 2.45) is 0 Å². The summed E-state index contributed by atoms with van der Waals surface area (Å²) in [6.07, 6.45) is -4.14. The average Bonchev–Trinajstić information content (AvgIpc) is 1.80. The molecule has 0 aliphatic carbocycles. The van der Waals surface area contributed by atoms with E-state index in [0.29, 0.717) is 13.4 Å². The molecule has 0 saturated carbocycles. The quantitative estimate of drug-likeness (QED) is 0.470. The van der Waals surface area contributed by atoms with Gasteiger partial charge < -0.3 is 4.74 Å². The third-order valence-corrected chi connectivity index (χ3v) is 0.417. The lowest BCUT2D eigenvalue weighted by Crippen LogP contribution is -2.23. The molecule has 0 atom stereocenters. The van der Waals surface area contributed by atoms with Gasteiger partial charge in [-0.25, -0.2) is 4.79 Å². The van der Waals surface area contributed by atoms with E-state index in [-0.39, 0.29) is 0 Å². The smallest absolute Gasteiger partial charge is 0.462 e. The molecule has 0 unspecified atom stereocenters. The molecule has 0 radical (unpaired) electrons. The van der Waals surface area contributed by atoms with Crippen LogP contribution in [-0.2, 0) is 19.6 Å². The highest BCUT2D eigenvalue weighted by Gasteiger charge is 2.39. The Balaban J connectivity index is 0. The summed E-state index contributed by atoms with van der Waals surface area (Å²) in [4.78, 5) is 9.49. The standard InChI is InChI=1S/C3H3F3O2.CH4O3S/c1-8-2(7)3(4,5)6;1-5(2,3)4/h1H3;1H3,(H,2,3,4). The van der Waals surface area contributed by atoms with Crippen molar-refractivity contribution in [3.63, 3.8) is 0 Å². The van der Waals surface area contributed by atoms with Crippen LogP contribution in [0.2, 0.25) is 0 Å². The largest absolute Gasteiger partial charge is 0.490 e. The minimum Gasteiger partial charge on any atom is -0.462 e. The second-order valence-electron chi connectivity index (χ2n) is 1.72. The molecule has 1 N–H and O–H groups in total. The van der Waals surface area contributed by atoms with Gasteiger partial charge in [0.15, 0.2) is 0 Å². The average molecular weight is 224 g/mol. The Labute approximate surface area is 72.2 Å². The van der Waals surface area contributed by atoms with E-state index >= 15 is 0 Å². The molecule has 0 heterocycles. The van der Waals surface area contributed by atoms with Gasteiger partial charge in [-0.2, -0.15) is 21.6 Å². The van der Waals surface area contributed by atoms with E-state index in [2.05, 4.69) is 4.74 Å². The normalized spacial score (nSPS) is 11.2. The number of alkyl halides is 3. The number of carbonyl (C=O) groups excluding carboxylic acids is 1. The van der Waals surface area contributed by atoms with Crippen molar-refractivity contribution in [2.75, 3.05) is 13.4 Å². The minimum absolute atomic E-state index is 0.676. The Morgan fingerprint density at radius 3 is 1.62 bits per heavy atom. The molecule has 0 aliphatic heterocycles. The molecule has 13 heavy (non-hydrogen) atoms. The summed E-state index contributed by atoms with van der Waals surface area (Å²) in [5.74, 6) is -2.17. The van der Waals surface area contributed by atoms with Crippen LogP contribution >= 0.6 is 0 Å². The van der Waals surface area contributed by atoms with E-state index in [1.165, 1.54) is 0 Å². The van der Waals surface area contributed by atoms with Gasteiger partial charge in [0, 0.05) is 0 Å². The van der Waals surface area contributed by atoms with Gasteiger partial charge >= 0.3 is 12.1 Å². The second-order valence-corrected chi connectivity index (χ2v) is 3.19. The lowest BCUT2D eigenvalue weighted by atomic mass is 10.7. The molecule has 5 nitrogen and oxygen atoms in total. The molecule has 80 valence electrons. The van der Waals surface area contributed by atoms with Crippen LogP contribution in [0.3, 0.4) is 0 Å². The van der Waals surface area contributed by atoms with Crippen LogP contribution in [-0.4, -0.2) is 38.5 Å². The first-order valence-corrected chi connectivity index (χ1v) is 4.41. The SMILES string of the molecule is COC(=O)C(F)(F)F.CS(=O)(=O)O. The second kappa shape index (κ2) is 5.02. The van der Waals surface area contributed by atoms with Crippen molar-refractivity contribution in [3.8, 4) is 0 Å². The van der Waals surface area contributed by atoms with Crippen LogP contribution in [0.5, 0.6) is 0 Å². The highest BCUT2D eigenvalue weighted by molar-refractivity contribution is 7.85. The number of carbonyl (C=O) groups is 1. The lowest BCUT2D eigenvalue weighted by Gasteiger charge is -1.99. The number of halogens is 3. The topological polar surface area (TPSA) is 80.7 Å². The van der Waals surface area contributed by atoms with E-state index in [4.69, 9.17) is 4.55 Å². The van der Waals surface area contributed by atoms with Gasteiger partial charge in [-0.05, 0) is 0 Å². The Hall–Kier alpha value is -0.830. The third kappa shape index (κ3) is 18.3. The van der Waals surface area contributed by atoms with Crippen molar-refractivity contribution in [1.82, 2.24) is 0 Å². The predicted octanol–water partition coefficient (Wildman–Crippen LogP) is 0.226. The number of esters is 1. The fourth-order valence-electron chi connectivity index (χ4n) is 0.116. The van der Waals surface area contributed by atoms with Crippen LogP contribution in [0.15, 0.2) is 0 Å². The van der Waals surface area contributed by atoms with Gasteiger partial charge in [-0.3, -0.25) is 4.55 Å². The van der Waals surface area contributed by atoms with E-state index in [1.54, 1.807) is 0 Å². The summed E-state index contributed by atoms with van der Waals surface area (Å²) in [5, 5.41) is 0. The van der Waals surface area contributed by atoms with E-state index in [0.717, 1.165) is 0 Å². The highest BCUT2D eigenvalue weighted by atomic mass is 32.2. The van der Waals surface area contributed by atoms with Crippen LogP contribution in [0, 0.1) is 0 Å². The Kier molecular flexibility index (Phi) is 5.67. The third-order valence-electron chi connectivity index (χ3n) is 0.417. The molecule has 9 heteroatoms. The number of rotatable bonds is 0. The lowest BCUT2D eigenvalue weighted by molar-refractivity contribution is -0.196. The van der Waals surface area contributed by atoms with Crippen molar-refractivity contribution in [3.05, 3.63) is 0 Å². The van der Waals surface area contributed by atoms with Gasteiger partial charge in [0.05, 0.1) is 13.4 Å². The molecule has 0 aromatic carbocycles. The van der Waals surface area contributed by atoms with Gasteiger partial charge in [-0.1, -0.05) is 0 Å². The highest BCUT2D eigenvalue weighted by Crippen LogP contribution is 2.15. The number of hydrogen-bond acceptors (Lipinski definition) is 4. The Morgan fingerprint density at radius 2 is 1.62 bits per heavy atom. The van der Waals surface area contributed by atoms with Crippen molar-refractivity contribution in [1.29, 1.82) is 0 Å². The van der Waals surface area contributed by atoms with Gasteiger partial charge in [0.25, 0.3) is 10.1 Å². The molecular weight excluding hydrogens is 217 g/mol. The van der Waals surface area contributed by atoms with Crippen LogP contribution < -0.4 is 0 Å². The zero-order valence-corrected chi connectivity index (χ0v) is 7.44.